The van der Waals surface area contributed by atoms with Crippen molar-refractivity contribution in [3.05, 3.63) is 20.8 Å². The van der Waals surface area contributed by atoms with Gasteiger partial charge in [0.2, 0.25) is 0 Å². The summed E-state index contributed by atoms with van der Waals surface area (Å²) in [7, 11) is 0. The fraction of sp³-hybridized carbons (Fsp3) is 0.688. The lowest BCUT2D eigenvalue weighted by Gasteiger charge is -2.34. The van der Waals surface area contributed by atoms with Crippen molar-refractivity contribution in [1.82, 2.24) is 10.2 Å². The molecule has 1 fully saturated rings. The molecule has 22 heavy (non-hydrogen) atoms. The van der Waals surface area contributed by atoms with Crippen molar-refractivity contribution in [2.24, 2.45) is 0 Å². The monoisotopic (exact) mass is 388 g/mol. The van der Waals surface area contributed by atoms with Gasteiger partial charge in [-0.3, -0.25) is 0 Å². The van der Waals surface area contributed by atoms with Gasteiger partial charge in [-0.25, -0.2) is 4.79 Å². The molecule has 1 aliphatic heterocycles. The van der Waals surface area contributed by atoms with Gasteiger partial charge in [0.05, 0.1) is 0 Å². The quantitative estimate of drug-likeness (QED) is 0.824. The van der Waals surface area contributed by atoms with Gasteiger partial charge in [-0.15, -0.1) is 11.3 Å². The average Bonchev–Trinajstić information content (AvgIpc) is 2.84. The molecule has 1 N–H and O–H groups in total. The summed E-state index contributed by atoms with van der Waals surface area (Å²) in [6.45, 7) is 9.41. The first-order valence-electron chi connectivity index (χ1n) is 7.73. The van der Waals surface area contributed by atoms with Crippen molar-refractivity contribution in [2.45, 2.75) is 58.2 Å². The topological polar surface area (TPSA) is 41.6 Å². The minimum absolute atomic E-state index is 0.194. The van der Waals surface area contributed by atoms with E-state index in [0.717, 1.165) is 25.9 Å². The van der Waals surface area contributed by atoms with E-state index in [1.807, 2.05) is 25.7 Å². The number of rotatable bonds is 3. The van der Waals surface area contributed by atoms with Crippen molar-refractivity contribution in [1.29, 1.82) is 0 Å². The van der Waals surface area contributed by atoms with Gasteiger partial charge in [-0.05, 0) is 67.9 Å². The van der Waals surface area contributed by atoms with E-state index in [1.54, 1.807) is 11.3 Å². The third-order valence-electron chi connectivity index (χ3n) is 3.67. The number of amides is 1. The second-order valence-electron chi connectivity index (χ2n) is 6.76. The summed E-state index contributed by atoms with van der Waals surface area (Å²) in [6, 6.07) is 2.86. The standard InChI is InChI=1S/C16H25BrN2O2S/c1-11(14-13(17)7-10-22-14)18-12-5-8-19(9-6-12)15(20)21-16(2,3)4/h7,10-12,18H,5-6,8-9H2,1-4H3. The predicted molar refractivity (Wildman–Crippen MR) is 94.4 cm³/mol. The van der Waals surface area contributed by atoms with E-state index in [9.17, 15) is 4.79 Å². The maximum atomic E-state index is 12.1. The van der Waals surface area contributed by atoms with Crippen LogP contribution in [0.3, 0.4) is 0 Å². The van der Waals surface area contributed by atoms with Crippen LogP contribution in [0.2, 0.25) is 0 Å². The lowest BCUT2D eigenvalue weighted by atomic mass is 10.0. The number of nitrogens with one attached hydrogen (secondary N) is 1. The van der Waals surface area contributed by atoms with Gasteiger partial charge in [0.1, 0.15) is 5.60 Å². The van der Waals surface area contributed by atoms with E-state index < -0.39 is 5.60 Å². The highest BCUT2D eigenvalue weighted by atomic mass is 79.9. The first-order valence-corrected chi connectivity index (χ1v) is 9.40. The van der Waals surface area contributed by atoms with Gasteiger partial charge in [-0.2, -0.15) is 0 Å². The van der Waals surface area contributed by atoms with Crippen LogP contribution in [0.5, 0.6) is 0 Å². The predicted octanol–water partition coefficient (Wildman–Crippen LogP) is 4.56. The fourth-order valence-corrected chi connectivity index (χ4v) is 4.33. The smallest absolute Gasteiger partial charge is 0.410 e. The average molecular weight is 389 g/mol. The second-order valence-corrected chi connectivity index (χ2v) is 8.56. The molecule has 1 aromatic heterocycles. The largest absolute Gasteiger partial charge is 0.444 e. The van der Waals surface area contributed by atoms with E-state index in [2.05, 4.69) is 39.6 Å². The van der Waals surface area contributed by atoms with Gasteiger partial charge in [-0.1, -0.05) is 0 Å². The molecule has 0 bridgehead atoms. The molecule has 0 spiro atoms. The molecule has 2 heterocycles. The highest BCUT2D eigenvalue weighted by Crippen LogP contribution is 2.29. The Morgan fingerprint density at radius 3 is 2.59 bits per heavy atom. The number of nitrogens with zero attached hydrogens (tertiary/aromatic N) is 1. The summed E-state index contributed by atoms with van der Waals surface area (Å²) in [4.78, 5) is 15.2. The molecule has 6 heteroatoms. The van der Waals surface area contributed by atoms with E-state index in [-0.39, 0.29) is 6.09 Å². The number of ether oxygens (including phenoxy) is 1. The van der Waals surface area contributed by atoms with Crippen LogP contribution in [0.4, 0.5) is 4.79 Å². The number of likely N-dealkylation sites (tertiary alicyclic amines) is 1. The van der Waals surface area contributed by atoms with Crippen molar-refractivity contribution in [3.8, 4) is 0 Å². The molecule has 1 aliphatic rings. The molecule has 4 nitrogen and oxygen atoms in total. The van der Waals surface area contributed by atoms with Gasteiger partial charge < -0.3 is 15.0 Å². The number of thiophene rings is 1. The maximum absolute atomic E-state index is 12.1. The van der Waals surface area contributed by atoms with Crippen LogP contribution < -0.4 is 5.32 Å². The molecule has 124 valence electrons. The van der Waals surface area contributed by atoms with E-state index >= 15 is 0 Å². The summed E-state index contributed by atoms with van der Waals surface area (Å²) >= 11 is 5.35. The maximum Gasteiger partial charge on any atom is 0.410 e. The first kappa shape index (κ1) is 17.8. The molecule has 0 radical (unpaired) electrons. The SMILES string of the molecule is CC(NC1CCN(C(=O)OC(C)(C)C)CC1)c1sccc1Br. The van der Waals surface area contributed by atoms with Crippen LogP contribution in [0.25, 0.3) is 0 Å². The normalized spacial score (nSPS) is 18.3. The van der Waals surface area contributed by atoms with E-state index in [1.165, 1.54) is 9.35 Å². The Labute approximate surface area is 145 Å². The zero-order chi connectivity index (χ0) is 16.3. The molecule has 2 rings (SSSR count). The lowest BCUT2D eigenvalue weighted by molar-refractivity contribution is 0.0196. The highest BCUT2D eigenvalue weighted by Gasteiger charge is 2.27. The molecule has 1 amide bonds. The first-order chi connectivity index (χ1) is 10.3. The Hall–Kier alpha value is -0.590. The third-order valence-corrected chi connectivity index (χ3v) is 5.72. The zero-order valence-electron chi connectivity index (χ0n) is 13.7. The van der Waals surface area contributed by atoms with Crippen molar-refractivity contribution >= 4 is 33.4 Å². The molecule has 1 saturated heterocycles. The van der Waals surface area contributed by atoms with E-state index in [0.29, 0.717) is 12.1 Å². The number of hydrogen-bond acceptors (Lipinski definition) is 4. The Balaban J connectivity index is 1.80. The molecule has 0 saturated carbocycles. The summed E-state index contributed by atoms with van der Waals surface area (Å²) in [5.74, 6) is 0. The minimum Gasteiger partial charge on any atom is -0.444 e. The van der Waals surface area contributed by atoms with E-state index in [4.69, 9.17) is 4.74 Å². The summed E-state index contributed by atoms with van der Waals surface area (Å²) in [5.41, 5.74) is -0.424. The fourth-order valence-electron chi connectivity index (χ4n) is 2.60. The molecule has 1 aromatic rings. The van der Waals surface area contributed by atoms with Crippen LogP contribution in [-0.2, 0) is 4.74 Å². The molecule has 0 aromatic carbocycles. The molecular formula is C16H25BrN2O2S. The van der Waals surface area contributed by atoms with Crippen molar-refractivity contribution in [3.63, 3.8) is 0 Å². The second kappa shape index (κ2) is 7.32. The van der Waals surface area contributed by atoms with Gasteiger partial charge in [0, 0.05) is 34.5 Å². The van der Waals surface area contributed by atoms with Crippen LogP contribution in [0.1, 0.15) is 51.5 Å². The van der Waals surface area contributed by atoms with Gasteiger partial charge in [0.25, 0.3) is 0 Å². The van der Waals surface area contributed by atoms with Crippen LogP contribution in [0.15, 0.2) is 15.9 Å². The number of carbonyl (C=O) groups is 1. The van der Waals surface area contributed by atoms with Crippen LogP contribution in [0, 0.1) is 0 Å². The molecule has 0 aliphatic carbocycles. The zero-order valence-corrected chi connectivity index (χ0v) is 16.1. The van der Waals surface area contributed by atoms with Crippen LogP contribution in [-0.4, -0.2) is 35.7 Å². The van der Waals surface area contributed by atoms with Gasteiger partial charge >= 0.3 is 6.09 Å². The Morgan fingerprint density at radius 2 is 2.09 bits per heavy atom. The van der Waals surface area contributed by atoms with Gasteiger partial charge in [0.15, 0.2) is 0 Å². The third kappa shape index (κ3) is 4.96. The lowest BCUT2D eigenvalue weighted by Crippen LogP contribution is -2.46. The molecule has 1 atom stereocenters. The minimum atomic E-state index is -0.424. The highest BCUT2D eigenvalue weighted by molar-refractivity contribution is 9.10. The number of hydrogen-bond donors (Lipinski definition) is 1. The number of piperidine rings is 1. The van der Waals surface area contributed by atoms with Crippen molar-refractivity contribution in [2.75, 3.05) is 13.1 Å². The summed E-state index contributed by atoms with van der Waals surface area (Å²) in [6.07, 6.45) is 1.74. The van der Waals surface area contributed by atoms with Crippen LogP contribution >= 0.6 is 27.3 Å². The Bertz CT molecular complexity index is 504. The molecular weight excluding hydrogens is 364 g/mol. The number of carbonyl (C=O) groups excluding carboxylic acids is 1. The number of halogens is 1. The summed E-state index contributed by atoms with van der Waals surface area (Å²) in [5, 5.41) is 5.77. The summed E-state index contributed by atoms with van der Waals surface area (Å²) < 4.78 is 6.60. The molecule has 1 unspecified atom stereocenters. The Kier molecular flexibility index (Phi) is 5.91. The Morgan fingerprint density at radius 1 is 1.45 bits per heavy atom. The van der Waals surface area contributed by atoms with Crippen molar-refractivity contribution < 1.29 is 9.53 Å².